The zero-order valence-corrected chi connectivity index (χ0v) is 12.7. The van der Waals surface area contributed by atoms with Crippen molar-refractivity contribution in [3.05, 3.63) is 46.9 Å². The van der Waals surface area contributed by atoms with Gasteiger partial charge in [0.05, 0.1) is 11.1 Å². The molecular weight excluding hydrogens is 304 g/mol. The number of benzene rings is 1. The maximum atomic E-state index is 11.1. The largest absolute Gasteiger partial charge is 0.478 e. The Labute approximate surface area is 131 Å². The molecule has 0 unspecified atom stereocenters. The molecule has 0 atom stereocenters. The average molecular weight is 317 g/mol. The topological polar surface area (TPSA) is 80.0 Å². The lowest BCUT2D eigenvalue weighted by Gasteiger charge is -2.10. The van der Waals surface area contributed by atoms with Gasteiger partial charge in [-0.2, -0.15) is 4.98 Å². The molecule has 0 aliphatic rings. The van der Waals surface area contributed by atoms with E-state index in [9.17, 15) is 4.79 Å². The van der Waals surface area contributed by atoms with Gasteiger partial charge in [-0.3, -0.25) is 0 Å². The number of aromatic carboxylic acids is 1. The van der Waals surface area contributed by atoms with E-state index in [1.165, 1.54) is 6.07 Å². The summed E-state index contributed by atoms with van der Waals surface area (Å²) in [6.45, 7) is 1.96. The first-order valence-corrected chi connectivity index (χ1v) is 6.93. The molecular formula is C15H13ClN4O2. The maximum Gasteiger partial charge on any atom is 0.335 e. The molecule has 3 rings (SSSR count). The lowest BCUT2D eigenvalue weighted by molar-refractivity contribution is 0.0697. The van der Waals surface area contributed by atoms with Crippen LogP contribution >= 0.6 is 11.6 Å². The van der Waals surface area contributed by atoms with Crippen LogP contribution in [0.4, 0.5) is 11.5 Å². The SMILES string of the molecule is Cc1cc2nc(Cl)nc(Nc3cccc(C(=O)O)c3)c2n1C. The van der Waals surface area contributed by atoms with Crippen molar-refractivity contribution in [2.45, 2.75) is 6.92 Å². The second-order valence-corrected chi connectivity index (χ2v) is 5.27. The molecule has 7 heteroatoms. The van der Waals surface area contributed by atoms with Gasteiger partial charge in [-0.05, 0) is 42.8 Å². The molecule has 3 aromatic rings. The van der Waals surface area contributed by atoms with Crippen LogP contribution in [0.15, 0.2) is 30.3 Å². The highest BCUT2D eigenvalue weighted by Crippen LogP contribution is 2.27. The molecule has 0 aliphatic heterocycles. The number of carboxylic acid groups (broad SMARTS) is 1. The number of aromatic nitrogens is 3. The molecule has 2 aromatic heterocycles. The zero-order valence-electron chi connectivity index (χ0n) is 12.0. The van der Waals surface area contributed by atoms with Crippen LogP contribution < -0.4 is 5.32 Å². The first-order valence-electron chi connectivity index (χ1n) is 6.55. The number of carboxylic acids is 1. The maximum absolute atomic E-state index is 11.1. The Hall–Kier alpha value is -2.60. The van der Waals surface area contributed by atoms with Crippen molar-refractivity contribution >= 4 is 40.1 Å². The van der Waals surface area contributed by atoms with E-state index in [0.717, 1.165) is 16.7 Å². The van der Waals surface area contributed by atoms with Crippen molar-refractivity contribution in [1.29, 1.82) is 0 Å². The van der Waals surface area contributed by atoms with Gasteiger partial charge in [-0.15, -0.1) is 0 Å². The third-order valence-corrected chi connectivity index (χ3v) is 3.64. The minimum atomic E-state index is -0.982. The summed E-state index contributed by atoms with van der Waals surface area (Å²) in [7, 11) is 1.91. The van der Waals surface area contributed by atoms with Crippen LogP contribution in [-0.4, -0.2) is 25.6 Å². The second-order valence-electron chi connectivity index (χ2n) is 4.93. The number of halogens is 1. The van der Waals surface area contributed by atoms with E-state index >= 15 is 0 Å². The van der Waals surface area contributed by atoms with Crippen LogP contribution in [0.25, 0.3) is 11.0 Å². The summed E-state index contributed by atoms with van der Waals surface area (Å²) in [5.74, 6) is -0.447. The number of carbonyl (C=O) groups is 1. The molecule has 2 N–H and O–H groups in total. The number of fused-ring (bicyclic) bond motifs is 1. The fraction of sp³-hybridized carbons (Fsp3) is 0.133. The van der Waals surface area contributed by atoms with Crippen molar-refractivity contribution in [1.82, 2.24) is 14.5 Å². The average Bonchev–Trinajstić information content (AvgIpc) is 2.74. The fourth-order valence-corrected chi connectivity index (χ4v) is 2.48. The van der Waals surface area contributed by atoms with Gasteiger partial charge in [0.15, 0.2) is 5.82 Å². The van der Waals surface area contributed by atoms with E-state index in [4.69, 9.17) is 16.7 Å². The molecule has 0 spiro atoms. The minimum Gasteiger partial charge on any atom is -0.478 e. The van der Waals surface area contributed by atoms with Gasteiger partial charge in [0.25, 0.3) is 0 Å². The number of aryl methyl sites for hydroxylation is 2. The second kappa shape index (κ2) is 5.31. The van der Waals surface area contributed by atoms with Gasteiger partial charge in [-0.1, -0.05) is 6.07 Å². The molecule has 1 aromatic carbocycles. The number of nitrogens with one attached hydrogen (secondary N) is 1. The third kappa shape index (κ3) is 2.48. The number of rotatable bonds is 3. The van der Waals surface area contributed by atoms with Gasteiger partial charge in [0.2, 0.25) is 5.28 Å². The summed E-state index contributed by atoms with van der Waals surface area (Å²) < 4.78 is 1.95. The Morgan fingerprint density at radius 2 is 2.09 bits per heavy atom. The van der Waals surface area contributed by atoms with Gasteiger partial charge in [-0.25, -0.2) is 9.78 Å². The Morgan fingerprint density at radius 3 is 2.82 bits per heavy atom. The van der Waals surface area contributed by atoms with Crippen LogP contribution in [0, 0.1) is 6.92 Å². The van der Waals surface area contributed by atoms with Crippen molar-refractivity contribution in [3.8, 4) is 0 Å². The molecule has 0 amide bonds. The van der Waals surface area contributed by atoms with E-state index in [1.54, 1.807) is 18.2 Å². The summed E-state index contributed by atoms with van der Waals surface area (Å²) >= 11 is 5.97. The summed E-state index contributed by atoms with van der Waals surface area (Å²) in [5.41, 5.74) is 3.38. The number of nitrogens with zero attached hydrogens (tertiary/aromatic N) is 3. The Balaban J connectivity index is 2.11. The standard InChI is InChI=1S/C15H13ClN4O2/c1-8-6-11-12(20(8)2)13(19-15(16)18-11)17-10-5-3-4-9(7-10)14(21)22/h3-7H,1-2H3,(H,21,22)(H,17,18,19). The summed E-state index contributed by atoms with van der Waals surface area (Å²) in [5, 5.41) is 12.3. The predicted octanol–water partition coefficient (Wildman–Crippen LogP) is 3.37. The Morgan fingerprint density at radius 1 is 1.32 bits per heavy atom. The number of hydrogen-bond donors (Lipinski definition) is 2. The summed E-state index contributed by atoms with van der Waals surface area (Å²) in [6, 6.07) is 8.43. The normalized spacial score (nSPS) is 10.9. The highest BCUT2D eigenvalue weighted by Gasteiger charge is 2.13. The Kier molecular flexibility index (Phi) is 3.46. The van der Waals surface area contributed by atoms with Gasteiger partial charge in [0.1, 0.15) is 5.52 Å². The Bertz CT molecular complexity index is 889. The molecule has 2 heterocycles. The lowest BCUT2D eigenvalue weighted by atomic mass is 10.2. The number of hydrogen-bond acceptors (Lipinski definition) is 4. The number of anilines is 2. The quantitative estimate of drug-likeness (QED) is 0.724. The molecule has 0 saturated carbocycles. The molecule has 0 bridgehead atoms. The highest BCUT2D eigenvalue weighted by atomic mass is 35.5. The molecule has 112 valence electrons. The monoisotopic (exact) mass is 316 g/mol. The van der Waals surface area contributed by atoms with Crippen LogP contribution in [0.5, 0.6) is 0 Å². The van der Waals surface area contributed by atoms with E-state index in [1.807, 2.05) is 24.6 Å². The van der Waals surface area contributed by atoms with Gasteiger partial charge in [0, 0.05) is 18.4 Å². The molecule has 0 fully saturated rings. The fourth-order valence-electron chi connectivity index (χ4n) is 2.30. The molecule has 0 saturated heterocycles. The van der Waals surface area contributed by atoms with E-state index in [-0.39, 0.29) is 10.8 Å². The summed E-state index contributed by atoms with van der Waals surface area (Å²) in [4.78, 5) is 19.5. The third-order valence-electron chi connectivity index (χ3n) is 3.47. The molecule has 0 radical (unpaired) electrons. The van der Waals surface area contributed by atoms with E-state index in [0.29, 0.717) is 11.5 Å². The van der Waals surface area contributed by atoms with Crippen LogP contribution in [0.3, 0.4) is 0 Å². The van der Waals surface area contributed by atoms with Crippen molar-refractivity contribution in [3.63, 3.8) is 0 Å². The van der Waals surface area contributed by atoms with E-state index in [2.05, 4.69) is 15.3 Å². The smallest absolute Gasteiger partial charge is 0.335 e. The van der Waals surface area contributed by atoms with E-state index < -0.39 is 5.97 Å². The van der Waals surface area contributed by atoms with Gasteiger partial charge >= 0.3 is 5.97 Å². The van der Waals surface area contributed by atoms with Crippen LogP contribution in [-0.2, 0) is 7.05 Å². The predicted molar refractivity (Wildman–Crippen MR) is 84.9 cm³/mol. The molecule has 6 nitrogen and oxygen atoms in total. The minimum absolute atomic E-state index is 0.134. The van der Waals surface area contributed by atoms with Crippen molar-refractivity contribution in [2.24, 2.45) is 7.05 Å². The molecule has 0 aliphatic carbocycles. The van der Waals surface area contributed by atoms with Crippen LogP contribution in [0.2, 0.25) is 5.28 Å². The zero-order chi connectivity index (χ0) is 15.9. The van der Waals surface area contributed by atoms with Crippen molar-refractivity contribution in [2.75, 3.05) is 5.32 Å². The lowest BCUT2D eigenvalue weighted by Crippen LogP contribution is -2.02. The summed E-state index contributed by atoms with van der Waals surface area (Å²) in [6.07, 6.45) is 0. The van der Waals surface area contributed by atoms with Crippen LogP contribution in [0.1, 0.15) is 16.1 Å². The highest BCUT2D eigenvalue weighted by molar-refractivity contribution is 6.28. The van der Waals surface area contributed by atoms with Crippen molar-refractivity contribution < 1.29 is 9.90 Å². The van der Waals surface area contributed by atoms with Gasteiger partial charge < -0.3 is 15.0 Å². The molecule has 22 heavy (non-hydrogen) atoms. The first-order chi connectivity index (χ1) is 10.5. The first kappa shape index (κ1) is 14.3.